The van der Waals surface area contributed by atoms with Gasteiger partial charge in [-0.15, -0.1) is 11.6 Å². The number of ketones is 1. The number of alkyl halides is 1. The number of carbonyl (C=O) groups is 1. The number of halogens is 3. The normalized spacial score (nSPS) is 12.6. The van der Waals surface area contributed by atoms with Crippen LogP contribution in [0.2, 0.25) is 0 Å². The van der Waals surface area contributed by atoms with Gasteiger partial charge < -0.3 is 0 Å². The molecule has 1 aromatic rings. The second kappa shape index (κ2) is 3.83. The molecular formula is C9H7ClF2O. The lowest BCUT2D eigenvalue weighted by molar-refractivity contribution is 0.0983. The summed E-state index contributed by atoms with van der Waals surface area (Å²) in [6, 6.07) is 3.24. The van der Waals surface area contributed by atoms with E-state index in [1.165, 1.54) is 13.0 Å². The molecule has 70 valence electrons. The van der Waals surface area contributed by atoms with Gasteiger partial charge in [0.05, 0.1) is 10.9 Å². The lowest BCUT2D eigenvalue weighted by Gasteiger charge is -2.04. The smallest absolute Gasteiger partial charge is 0.186 e. The molecule has 1 atom stereocenters. The van der Waals surface area contributed by atoms with E-state index in [0.29, 0.717) is 0 Å². The number of hydrogen-bond donors (Lipinski definition) is 0. The van der Waals surface area contributed by atoms with Crippen molar-refractivity contribution in [2.24, 2.45) is 0 Å². The van der Waals surface area contributed by atoms with Crippen molar-refractivity contribution in [1.82, 2.24) is 0 Å². The highest BCUT2D eigenvalue weighted by atomic mass is 35.5. The van der Waals surface area contributed by atoms with Crippen molar-refractivity contribution >= 4 is 17.4 Å². The number of rotatable bonds is 2. The Kier molecular flexibility index (Phi) is 2.98. The lowest BCUT2D eigenvalue weighted by Crippen LogP contribution is -2.14. The van der Waals surface area contributed by atoms with Crippen LogP contribution in [0.15, 0.2) is 18.2 Å². The summed E-state index contributed by atoms with van der Waals surface area (Å²) in [7, 11) is 0. The highest BCUT2D eigenvalue weighted by Crippen LogP contribution is 2.16. The summed E-state index contributed by atoms with van der Waals surface area (Å²) in [6.45, 7) is 1.37. The Morgan fingerprint density at radius 3 is 2.23 bits per heavy atom. The van der Waals surface area contributed by atoms with Gasteiger partial charge in [0.15, 0.2) is 5.78 Å². The topological polar surface area (TPSA) is 17.1 Å². The minimum Gasteiger partial charge on any atom is -0.292 e. The Hall–Kier alpha value is -0.960. The number of benzene rings is 1. The van der Waals surface area contributed by atoms with Crippen molar-refractivity contribution in [2.45, 2.75) is 12.3 Å². The summed E-state index contributed by atoms with van der Waals surface area (Å²) in [6.07, 6.45) is 0. The van der Waals surface area contributed by atoms with E-state index in [4.69, 9.17) is 11.6 Å². The molecule has 13 heavy (non-hydrogen) atoms. The van der Waals surface area contributed by atoms with Gasteiger partial charge in [-0.2, -0.15) is 0 Å². The molecule has 0 aromatic heterocycles. The quantitative estimate of drug-likeness (QED) is 0.535. The van der Waals surface area contributed by atoms with Gasteiger partial charge in [-0.25, -0.2) is 8.78 Å². The Labute approximate surface area is 79.3 Å². The molecule has 0 aliphatic carbocycles. The van der Waals surface area contributed by atoms with Gasteiger partial charge >= 0.3 is 0 Å². The SMILES string of the molecule is CC(Cl)C(=O)c1c(F)cccc1F. The van der Waals surface area contributed by atoms with Crippen LogP contribution in [0, 0.1) is 11.6 Å². The van der Waals surface area contributed by atoms with Gasteiger partial charge in [-0.3, -0.25) is 4.79 Å². The van der Waals surface area contributed by atoms with Gasteiger partial charge in [-0.1, -0.05) is 6.07 Å². The van der Waals surface area contributed by atoms with Crippen LogP contribution < -0.4 is 0 Å². The lowest BCUT2D eigenvalue weighted by atomic mass is 10.1. The fraction of sp³-hybridized carbons (Fsp3) is 0.222. The zero-order chi connectivity index (χ0) is 10.0. The Morgan fingerprint density at radius 1 is 1.38 bits per heavy atom. The van der Waals surface area contributed by atoms with Crippen LogP contribution in [0.4, 0.5) is 8.78 Å². The van der Waals surface area contributed by atoms with Crippen molar-refractivity contribution in [3.05, 3.63) is 35.4 Å². The Balaban J connectivity index is 3.20. The summed E-state index contributed by atoms with van der Waals surface area (Å²) in [4.78, 5) is 11.2. The zero-order valence-corrected chi connectivity index (χ0v) is 7.61. The summed E-state index contributed by atoms with van der Waals surface area (Å²) in [5.74, 6) is -2.49. The van der Waals surface area contributed by atoms with E-state index in [1.807, 2.05) is 0 Å². The first-order chi connectivity index (χ1) is 6.04. The fourth-order valence-electron chi connectivity index (χ4n) is 0.932. The van der Waals surface area contributed by atoms with Crippen molar-refractivity contribution in [3.63, 3.8) is 0 Å². The molecular weight excluding hydrogens is 198 g/mol. The zero-order valence-electron chi connectivity index (χ0n) is 6.85. The predicted octanol–water partition coefficient (Wildman–Crippen LogP) is 2.77. The predicted molar refractivity (Wildman–Crippen MR) is 46.0 cm³/mol. The number of Topliss-reactive ketones (excluding diaryl/α,β-unsaturated/α-hetero) is 1. The molecule has 4 heteroatoms. The molecule has 0 saturated carbocycles. The number of carbonyl (C=O) groups excluding carboxylic acids is 1. The summed E-state index contributed by atoms with van der Waals surface area (Å²) >= 11 is 5.42. The van der Waals surface area contributed by atoms with E-state index in [1.54, 1.807) is 0 Å². The fourth-order valence-corrected chi connectivity index (χ4v) is 1.04. The summed E-state index contributed by atoms with van der Waals surface area (Å²) < 4.78 is 25.9. The standard InChI is InChI=1S/C9H7ClF2O/c1-5(10)9(13)8-6(11)3-2-4-7(8)12/h2-5H,1H3. The molecule has 0 N–H and O–H groups in total. The summed E-state index contributed by atoms with van der Waals surface area (Å²) in [5.41, 5.74) is -0.565. The molecule has 0 aliphatic heterocycles. The van der Waals surface area contributed by atoms with Crippen LogP contribution >= 0.6 is 11.6 Å². The first kappa shape index (κ1) is 10.1. The Morgan fingerprint density at radius 2 is 1.85 bits per heavy atom. The largest absolute Gasteiger partial charge is 0.292 e. The first-order valence-corrected chi connectivity index (χ1v) is 4.10. The molecule has 0 amide bonds. The molecule has 1 nitrogen and oxygen atoms in total. The van der Waals surface area contributed by atoms with Gasteiger partial charge in [0.25, 0.3) is 0 Å². The van der Waals surface area contributed by atoms with E-state index in [0.717, 1.165) is 12.1 Å². The van der Waals surface area contributed by atoms with Gasteiger partial charge in [0.2, 0.25) is 0 Å². The number of hydrogen-bond acceptors (Lipinski definition) is 1. The molecule has 0 fully saturated rings. The summed E-state index contributed by atoms with van der Waals surface area (Å²) in [5, 5.41) is -0.925. The molecule has 0 spiro atoms. The molecule has 0 radical (unpaired) electrons. The molecule has 1 unspecified atom stereocenters. The van der Waals surface area contributed by atoms with Crippen LogP contribution in [0.5, 0.6) is 0 Å². The highest BCUT2D eigenvalue weighted by Gasteiger charge is 2.20. The van der Waals surface area contributed by atoms with E-state index in [9.17, 15) is 13.6 Å². The van der Waals surface area contributed by atoms with Crippen LogP contribution in [0.1, 0.15) is 17.3 Å². The maximum Gasteiger partial charge on any atom is 0.186 e. The first-order valence-electron chi connectivity index (χ1n) is 3.66. The van der Waals surface area contributed by atoms with Gasteiger partial charge in [0.1, 0.15) is 11.6 Å². The second-order valence-corrected chi connectivity index (χ2v) is 3.23. The average Bonchev–Trinajstić information content (AvgIpc) is 2.03. The average molecular weight is 205 g/mol. The van der Waals surface area contributed by atoms with Crippen molar-refractivity contribution in [1.29, 1.82) is 0 Å². The third-order valence-corrected chi connectivity index (χ3v) is 1.77. The highest BCUT2D eigenvalue weighted by molar-refractivity contribution is 6.33. The molecule has 0 saturated heterocycles. The van der Waals surface area contributed by atoms with E-state index in [2.05, 4.69) is 0 Å². The van der Waals surface area contributed by atoms with Crippen LogP contribution in [0.3, 0.4) is 0 Å². The monoisotopic (exact) mass is 204 g/mol. The molecule has 0 heterocycles. The molecule has 1 rings (SSSR count). The molecule has 1 aromatic carbocycles. The minimum atomic E-state index is -0.925. The third kappa shape index (κ3) is 2.04. The van der Waals surface area contributed by atoms with E-state index >= 15 is 0 Å². The molecule has 0 aliphatic rings. The van der Waals surface area contributed by atoms with Crippen molar-refractivity contribution in [2.75, 3.05) is 0 Å². The van der Waals surface area contributed by atoms with E-state index in [-0.39, 0.29) is 0 Å². The van der Waals surface area contributed by atoms with Crippen LogP contribution in [-0.4, -0.2) is 11.2 Å². The van der Waals surface area contributed by atoms with Crippen molar-refractivity contribution < 1.29 is 13.6 Å². The molecule has 0 bridgehead atoms. The second-order valence-electron chi connectivity index (χ2n) is 2.58. The minimum absolute atomic E-state index is 0.565. The van der Waals surface area contributed by atoms with Crippen LogP contribution in [0.25, 0.3) is 0 Å². The maximum absolute atomic E-state index is 12.9. The van der Waals surface area contributed by atoms with E-state index < -0.39 is 28.4 Å². The van der Waals surface area contributed by atoms with Gasteiger partial charge in [0, 0.05) is 0 Å². The Bertz CT molecular complexity index is 316. The van der Waals surface area contributed by atoms with Gasteiger partial charge in [-0.05, 0) is 19.1 Å². The maximum atomic E-state index is 12.9. The third-order valence-electron chi connectivity index (χ3n) is 1.57. The van der Waals surface area contributed by atoms with Crippen LogP contribution in [-0.2, 0) is 0 Å². The van der Waals surface area contributed by atoms with Crippen molar-refractivity contribution in [3.8, 4) is 0 Å².